The second kappa shape index (κ2) is 9.52. The van der Waals surface area contributed by atoms with Crippen LogP contribution in [-0.2, 0) is 10.0 Å². The maximum atomic E-state index is 13.1. The largest absolute Gasteiger partial charge is 0.276 e. The molecular weight excluding hydrogens is 458 g/mol. The quantitative estimate of drug-likeness (QED) is 0.269. The van der Waals surface area contributed by atoms with Gasteiger partial charge in [-0.1, -0.05) is 95.7 Å². The molecule has 4 aromatic carbocycles. The molecule has 0 spiro atoms. The molecule has 5 aromatic rings. The van der Waals surface area contributed by atoms with Gasteiger partial charge < -0.3 is 0 Å². The summed E-state index contributed by atoms with van der Waals surface area (Å²) in [6, 6.07) is 33.0. The third-order valence-corrected chi connectivity index (χ3v) is 6.91. The van der Waals surface area contributed by atoms with Crippen molar-refractivity contribution in [3.05, 3.63) is 126 Å². The molecule has 7 nitrogen and oxygen atoms in total. The van der Waals surface area contributed by atoms with Crippen molar-refractivity contribution in [1.82, 2.24) is 19.8 Å². The summed E-state index contributed by atoms with van der Waals surface area (Å²) in [6.45, 7) is 1.91. The normalized spacial score (nSPS) is 13.0. The fourth-order valence-electron chi connectivity index (χ4n) is 3.90. The number of aromatic nitrogens is 3. The molecule has 0 amide bonds. The highest BCUT2D eigenvalue weighted by Gasteiger charge is 2.26. The van der Waals surface area contributed by atoms with Crippen LogP contribution in [0, 0.1) is 6.92 Å². The Morgan fingerprint density at radius 2 is 1.46 bits per heavy atom. The summed E-state index contributed by atoms with van der Waals surface area (Å²) in [4.78, 5) is 2.59. The average Bonchev–Trinajstić information content (AvgIpc) is 3.31. The lowest BCUT2D eigenvalue weighted by atomic mass is 9.96. The van der Waals surface area contributed by atoms with Crippen molar-refractivity contribution in [2.45, 2.75) is 17.9 Å². The number of hydrogen-bond acceptors (Lipinski definition) is 5. The second-order valence-electron chi connectivity index (χ2n) is 8.11. The monoisotopic (exact) mass is 481 g/mol. The molecule has 0 saturated heterocycles. The number of hydrogen-bond donors (Lipinski definition) is 1. The highest BCUT2D eigenvalue weighted by molar-refractivity contribution is 7.89. The summed E-state index contributed by atoms with van der Waals surface area (Å²) in [5.74, 6) is 0. The van der Waals surface area contributed by atoms with Gasteiger partial charge in [0, 0.05) is 5.56 Å². The van der Waals surface area contributed by atoms with Gasteiger partial charge in [-0.15, -0.1) is 5.10 Å². The Morgan fingerprint density at radius 1 is 0.829 bits per heavy atom. The van der Waals surface area contributed by atoms with Gasteiger partial charge >= 0.3 is 0 Å². The molecule has 1 unspecified atom stereocenters. The van der Waals surface area contributed by atoms with Crippen molar-refractivity contribution in [2.75, 3.05) is 0 Å². The first-order valence-electron chi connectivity index (χ1n) is 11.1. The first-order chi connectivity index (χ1) is 17.0. The van der Waals surface area contributed by atoms with E-state index in [1.54, 1.807) is 28.9 Å². The molecule has 1 N–H and O–H groups in total. The molecule has 1 atom stereocenters. The lowest BCUT2D eigenvalue weighted by Gasteiger charge is -2.21. The van der Waals surface area contributed by atoms with Crippen molar-refractivity contribution >= 4 is 26.8 Å². The zero-order valence-corrected chi connectivity index (χ0v) is 19.8. The first-order valence-corrected chi connectivity index (χ1v) is 12.6. The van der Waals surface area contributed by atoms with Crippen LogP contribution in [0.1, 0.15) is 22.7 Å². The van der Waals surface area contributed by atoms with Crippen LogP contribution in [0.3, 0.4) is 0 Å². The number of nitrogens with one attached hydrogen (secondary N) is 1. The Hall–Kier alpha value is -4.30. The van der Waals surface area contributed by atoms with Crippen LogP contribution in [0.25, 0.3) is 11.0 Å². The third kappa shape index (κ3) is 4.69. The minimum Gasteiger partial charge on any atom is -0.231 e. The summed E-state index contributed by atoms with van der Waals surface area (Å²) >= 11 is 0. The zero-order valence-electron chi connectivity index (χ0n) is 19.0. The van der Waals surface area contributed by atoms with Crippen LogP contribution in [-0.4, -0.2) is 29.1 Å². The molecule has 0 fully saturated rings. The minimum atomic E-state index is -3.89. The van der Waals surface area contributed by atoms with Crippen molar-refractivity contribution < 1.29 is 8.42 Å². The number of hydrazone groups is 1. The molecule has 0 aliphatic rings. The maximum Gasteiger partial charge on any atom is 0.276 e. The van der Waals surface area contributed by atoms with Gasteiger partial charge in [0.2, 0.25) is 0 Å². The summed E-state index contributed by atoms with van der Waals surface area (Å²) in [7, 11) is -3.89. The lowest BCUT2D eigenvalue weighted by molar-refractivity contribution is 0.582. The molecule has 174 valence electrons. The van der Waals surface area contributed by atoms with E-state index in [1.165, 1.54) is 0 Å². The molecule has 0 radical (unpaired) electrons. The Morgan fingerprint density at radius 3 is 2.17 bits per heavy atom. The molecule has 1 aromatic heterocycles. The van der Waals surface area contributed by atoms with E-state index in [9.17, 15) is 8.42 Å². The molecule has 5 rings (SSSR count). The van der Waals surface area contributed by atoms with Crippen LogP contribution in [0.2, 0.25) is 0 Å². The van der Waals surface area contributed by atoms with Crippen molar-refractivity contribution in [1.29, 1.82) is 0 Å². The minimum absolute atomic E-state index is 0.140. The van der Waals surface area contributed by atoms with E-state index in [0.717, 1.165) is 27.7 Å². The molecular formula is C27H23N5O2S. The topological polar surface area (TPSA) is 89.2 Å². The number of nitrogens with zero attached hydrogens (tertiary/aromatic N) is 4. The summed E-state index contributed by atoms with van der Waals surface area (Å²) in [5, 5.41) is 13.3. The standard InChI is InChI=1S/C27H23N5O2S/c1-20-16-18-23(19-17-20)35(33,34)31-29-26(21-10-4-2-5-11-21)27(22-12-6-3-7-13-22)32-25-15-9-8-14-24(25)28-30-32/h2-19,27,31H,1H3/b29-26+. The second-order valence-corrected chi connectivity index (χ2v) is 9.77. The molecule has 8 heteroatoms. The maximum absolute atomic E-state index is 13.1. The van der Waals surface area contributed by atoms with Crippen molar-refractivity contribution in [3.8, 4) is 0 Å². The highest BCUT2D eigenvalue weighted by Crippen LogP contribution is 2.27. The van der Waals surface area contributed by atoms with E-state index >= 15 is 0 Å². The van der Waals surface area contributed by atoms with Gasteiger partial charge in [-0.3, -0.25) is 0 Å². The van der Waals surface area contributed by atoms with Crippen LogP contribution in [0.4, 0.5) is 0 Å². The number of fused-ring (bicyclic) bond motifs is 1. The highest BCUT2D eigenvalue weighted by atomic mass is 32.2. The predicted octanol–water partition coefficient (Wildman–Crippen LogP) is 4.71. The summed E-state index contributed by atoms with van der Waals surface area (Å²) in [6.07, 6.45) is 0. The Kier molecular flexibility index (Phi) is 6.12. The van der Waals surface area contributed by atoms with Gasteiger partial charge in [0.05, 0.1) is 16.1 Å². The molecule has 0 bridgehead atoms. The van der Waals surface area contributed by atoms with Crippen LogP contribution >= 0.6 is 0 Å². The van der Waals surface area contributed by atoms with Crippen LogP contribution in [0.15, 0.2) is 119 Å². The number of sulfonamides is 1. The van der Waals surface area contributed by atoms with Gasteiger partial charge in [0.15, 0.2) is 0 Å². The lowest BCUT2D eigenvalue weighted by Crippen LogP contribution is -2.27. The van der Waals surface area contributed by atoms with E-state index in [2.05, 4.69) is 20.2 Å². The van der Waals surface area contributed by atoms with Crippen molar-refractivity contribution in [3.63, 3.8) is 0 Å². The fraction of sp³-hybridized carbons (Fsp3) is 0.0741. The van der Waals surface area contributed by atoms with Gasteiger partial charge in [-0.25, -0.2) is 4.68 Å². The number of benzene rings is 4. The van der Waals surface area contributed by atoms with E-state index in [1.807, 2.05) is 91.9 Å². The van der Waals surface area contributed by atoms with Gasteiger partial charge in [-0.05, 0) is 36.8 Å². The zero-order chi connectivity index (χ0) is 24.3. The van der Waals surface area contributed by atoms with E-state index in [0.29, 0.717) is 5.71 Å². The van der Waals surface area contributed by atoms with Crippen LogP contribution < -0.4 is 4.83 Å². The number of rotatable bonds is 7. The molecule has 1 heterocycles. The van der Waals surface area contributed by atoms with Gasteiger partial charge in [-0.2, -0.15) is 18.4 Å². The SMILES string of the molecule is Cc1ccc(S(=O)(=O)N/N=C(\c2ccccc2)C(c2ccccc2)n2nnc3ccccc32)cc1. The molecule has 0 aliphatic heterocycles. The Labute approximate surface area is 203 Å². The number of aryl methyl sites for hydroxylation is 1. The first kappa shape index (κ1) is 22.5. The molecule has 0 aliphatic carbocycles. The smallest absolute Gasteiger partial charge is 0.231 e. The summed E-state index contributed by atoms with van der Waals surface area (Å²) in [5.41, 5.74) is 4.66. The van der Waals surface area contributed by atoms with E-state index in [-0.39, 0.29) is 4.90 Å². The Balaban J connectivity index is 1.68. The average molecular weight is 482 g/mol. The van der Waals surface area contributed by atoms with Gasteiger partial charge in [0.25, 0.3) is 10.0 Å². The summed E-state index contributed by atoms with van der Waals surface area (Å²) < 4.78 is 27.9. The van der Waals surface area contributed by atoms with Crippen LogP contribution in [0.5, 0.6) is 0 Å². The van der Waals surface area contributed by atoms with Gasteiger partial charge in [0.1, 0.15) is 11.6 Å². The number of para-hydroxylation sites is 1. The van der Waals surface area contributed by atoms with E-state index in [4.69, 9.17) is 0 Å². The molecule has 35 heavy (non-hydrogen) atoms. The fourth-order valence-corrected chi connectivity index (χ4v) is 4.72. The third-order valence-electron chi connectivity index (χ3n) is 5.68. The molecule has 0 saturated carbocycles. The predicted molar refractivity (Wildman–Crippen MR) is 137 cm³/mol. The van der Waals surface area contributed by atoms with E-state index < -0.39 is 16.1 Å². The Bertz CT molecular complexity index is 1580. The van der Waals surface area contributed by atoms with Crippen molar-refractivity contribution in [2.24, 2.45) is 5.10 Å².